The van der Waals surface area contributed by atoms with E-state index in [4.69, 9.17) is 0 Å². The van der Waals surface area contributed by atoms with Crippen LogP contribution in [-0.2, 0) is 26.2 Å². The van der Waals surface area contributed by atoms with Crippen LogP contribution < -0.4 is 24.8 Å². The van der Waals surface area contributed by atoms with Gasteiger partial charge in [0.05, 0.1) is 0 Å². The summed E-state index contributed by atoms with van der Waals surface area (Å²) in [6.07, 6.45) is 7.65. The zero-order chi connectivity index (χ0) is 14.7. The van der Waals surface area contributed by atoms with Crippen molar-refractivity contribution in [3.05, 3.63) is 72.3 Å². The SMILES string of the molecule is C1=CCC(c2cccc3c2[cH-]c2ccccc23)=C1.C[Si]C.[Cl-].[Cl-].[Zr+3]. The van der Waals surface area contributed by atoms with Gasteiger partial charge in [0.1, 0.15) is 0 Å². The molecule has 0 heterocycles. The Kier molecular flexibility index (Phi) is 10.9. The zero-order valence-electron chi connectivity index (χ0n) is 13.8. The van der Waals surface area contributed by atoms with E-state index in [1.165, 1.54) is 32.7 Å². The molecule has 1 aliphatic carbocycles. The van der Waals surface area contributed by atoms with Gasteiger partial charge in [0.2, 0.25) is 0 Å². The van der Waals surface area contributed by atoms with Crippen LogP contribution in [0.25, 0.3) is 27.1 Å². The molecule has 0 saturated heterocycles. The summed E-state index contributed by atoms with van der Waals surface area (Å²) in [6, 6.07) is 17.6. The first-order chi connectivity index (χ1) is 10.3. The van der Waals surface area contributed by atoms with Crippen LogP contribution in [0.3, 0.4) is 0 Å². The minimum absolute atomic E-state index is 0. The van der Waals surface area contributed by atoms with Crippen LogP contribution in [0.5, 0.6) is 0 Å². The van der Waals surface area contributed by atoms with Gasteiger partial charge < -0.3 is 24.8 Å². The Morgan fingerprint density at radius 1 is 0.917 bits per heavy atom. The quantitative estimate of drug-likeness (QED) is 0.358. The minimum atomic E-state index is 0. The maximum Gasteiger partial charge on any atom is 3.00 e. The molecule has 0 amide bonds. The van der Waals surface area contributed by atoms with Gasteiger partial charge in [-0.3, -0.25) is 0 Å². The molecule has 0 bridgehead atoms. The van der Waals surface area contributed by atoms with E-state index in [2.05, 4.69) is 79.9 Å². The fourth-order valence-corrected chi connectivity index (χ4v) is 2.91. The van der Waals surface area contributed by atoms with Crippen molar-refractivity contribution in [1.29, 1.82) is 0 Å². The molecule has 4 heteroatoms. The average Bonchev–Trinajstić information content (AvgIpc) is 3.15. The van der Waals surface area contributed by atoms with Crippen LogP contribution in [0.15, 0.2) is 66.8 Å². The van der Waals surface area contributed by atoms with E-state index in [9.17, 15) is 0 Å². The van der Waals surface area contributed by atoms with Crippen LogP contribution >= 0.6 is 0 Å². The van der Waals surface area contributed by atoms with Gasteiger partial charge in [-0.05, 0) is 6.42 Å². The molecule has 0 saturated carbocycles. The van der Waals surface area contributed by atoms with Crippen LogP contribution in [0.4, 0.5) is 0 Å². The Morgan fingerprint density at radius 2 is 1.58 bits per heavy atom. The Balaban J connectivity index is 0.000000827. The molecule has 4 rings (SSSR count). The zero-order valence-corrected chi connectivity index (χ0v) is 18.8. The Labute approximate surface area is 178 Å². The van der Waals surface area contributed by atoms with Crippen molar-refractivity contribution in [3.63, 3.8) is 0 Å². The summed E-state index contributed by atoms with van der Waals surface area (Å²) < 4.78 is 0. The van der Waals surface area contributed by atoms with Crippen molar-refractivity contribution >= 4 is 36.6 Å². The smallest absolute Gasteiger partial charge is 1.00 e. The largest absolute Gasteiger partial charge is 3.00 e. The van der Waals surface area contributed by atoms with E-state index >= 15 is 0 Å². The van der Waals surface area contributed by atoms with Gasteiger partial charge in [-0.25, -0.2) is 0 Å². The standard InChI is InChI=1S/C18H13.C2H6Si.2ClH.Zr/c1-2-7-13(6-1)15-10-5-11-17-16-9-4-3-8-14(16)12-18(15)17;1-3-2;;;/h1-6,8-12H,7H2;1-2H3;2*1H;/q-1;;;;+3/p-2. The fraction of sp³-hybridized carbons (Fsp3) is 0.150. The normalized spacial score (nSPS) is 11.7. The average molecular weight is 450 g/mol. The van der Waals surface area contributed by atoms with Gasteiger partial charge in [0.25, 0.3) is 0 Å². The summed E-state index contributed by atoms with van der Waals surface area (Å²) in [5.74, 6) is 0. The van der Waals surface area contributed by atoms with Crippen LogP contribution in [0.2, 0.25) is 13.1 Å². The van der Waals surface area contributed by atoms with E-state index in [1.807, 2.05) is 0 Å². The van der Waals surface area contributed by atoms with Crippen LogP contribution in [0.1, 0.15) is 12.0 Å². The first-order valence-corrected chi connectivity index (χ1v) is 9.37. The molecule has 0 nitrogen and oxygen atoms in total. The third-order valence-electron chi connectivity index (χ3n) is 3.77. The van der Waals surface area contributed by atoms with Crippen molar-refractivity contribution < 1.29 is 51.0 Å². The maximum atomic E-state index is 2.32. The number of hydrogen-bond acceptors (Lipinski definition) is 0. The van der Waals surface area contributed by atoms with Gasteiger partial charge in [0, 0.05) is 9.52 Å². The molecule has 0 aliphatic heterocycles. The predicted octanol–water partition coefficient (Wildman–Crippen LogP) is -0.152. The first kappa shape index (κ1) is 23.5. The van der Waals surface area contributed by atoms with E-state index < -0.39 is 0 Å². The summed E-state index contributed by atoms with van der Waals surface area (Å²) in [5.41, 5.74) is 2.81. The first-order valence-electron chi connectivity index (χ1n) is 7.37. The second-order valence-electron chi connectivity index (χ2n) is 5.32. The molecule has 0 unspecified atom stereocenters. The summed E-state index contributed by atoms with van der Waals surface area (Å²) in [4.78, 5) is 0. The number of benzene rings is 2. The van der Waals surface area contributed by atoms with Crippen LogP contribution in [-0.4, -0.2) is 9.52 Å². The van der Waals surface area contributed by atoms with E-state index in [-0.39, 0.29) is 51.0 Å². The van der Waals surface area contributed by atoms with Crippen molar-refractivity contribution in [2.24, 2.45) is 0 Å². The predicted molar refractivity (Wildman–Crippen MR) is 96.3 cm³/mol. The summed E-state index contributed by atoms with van der Waals surface area (Å²) in [6.45, 7) is 4.31. The Bertz CT molecular complexity index is 834. The third kappa shape index (κ3) is 4.76. The van der Waals surface area contributed by atoms with Crippen molar-refractivity contribution in [2.45, 2.75) is 19.5 Å². The summed E-state index contributed by atoms with van der Waals surface area (Å²) in [5, 5.41) is 5.46. The third-order valence-corrected chi connectivity index (χ3v) is 3.77. The van der Waals surface area contributed by atoms with Gasteiger partial charge >= 0.3 is 26.2 Å². The number of allylic oxidation sites excluding steroid dienone is 4. The van der Waals surface area contributed by atoms with E-state index in [1.54, 1.807) is 0 Å². The van der Waals surface area contributed by atoms with Crippen molar-refractivity contribution in [2.75, 3.05) is 0 Å². The summed E-state index contributed by atoms with van der Waals surface area (Å²) >= 11 is 0. The monoisotopic (exact) mass is 447 g/mol. The van der Waals surface area contributed by atoms with Gasteiger partial charge in [-0.2, -0.15) is 0 Å². The van der Waals surface area contributed by atoms with Gasteiger partial charge in [-0.1, -0.05) is 78.9 Å². The molecule has 121 valence electrons. The number of fused-ring (bicyclic) bond motifs is 3. The molecular formula is C20H19Cl2SiZr. The molecule has 0 atom stereocenters. The van der Waals surface area contributed by atoms with Crippen LogP contribution in [0, 0.1) is 0 Å². The molecule has 0 N–H and O–H groups in total. The topological polar surface area (TPSA) is 0 Å². The Morgan fingerprint density at radius 3 is 2.25 bits per heavy atom. The molecule has 0 fully saturated rings. The molecule has 0 aromatic heterocycles. The molecule has 3 radical (unpaired) electrons. The number of halogens is 2. The van der Waals surface area contributed by atoms with Crippen molar-refractivity contribution in [1.82, 2.24) is 0 Å². The molecule has 0 spiro atoms. The van der Waals surface area contributed by atoms with Gasteiger partial charge in [0.15, 0.2) is 0 Å². The molecule has 3 aromatic carbocycles. The van der Waals surface area contributed by atoms with Gasteiger partial charge in [-0.15, -0.1) is 33.7 Å². The van der Waals surface area contributed by atoms with Crippen molar-refractivity contribution in [3.8, 4) is 0 Å². The Hall–Kier alpha value is -0.530. The second-order valence-corrected chi connectivity index (χ2v) is 6.32. The number of rotatable bonds is 1. The molecular weight excluding hydrogens is 430 g/mol. The molecule has 24 heavy (non-hydrogen) atoms. The molecule has 3 aromatic rings. The number of hydrogen-bond donors (Lipinski definition) is 0. The molecule has 1 aliphatic rings. The minimum Gasteiger partial charge on any atom is -1.00 e. The second kappa shape index (κ2) is 11.2. The maximum absolute atomic E-state index is 2.32. The van der Waals surface area contributed by atoms with E-state index in [0.717, 1.165) is 15.9 Å². The summed E-state index contributed by atoms with van der Waals surface area (Å²) in [7, 11) is 1.08. The fourth-order valence-electron chi connectivity index (χ4n) is 2.91. The van der Waals surface area contributed by atoms with E-state index in [0.29, 0.717) is 0 Å².